The van der Waals surface area contributed by atoms with Crippen molar-refractivity contribution in [3.05, 3.63) is 49.8 Å². The smallest absolute Gasteiger partial charge is 0.411 e. The minimum absolute atomic E-state index is 0.0703. The van der Waals surface area contributed by atoms with Crippen LogP contribution in [0.25, 0.3) is 0 Å². The number of benzene rings is 1. The number of aliphatic hydroxyl groups excluding tert-OH is 5. The molecule has 0 saturated carbocycles. The van der Waals surface area contributed by atoms with Crippen LogP contribution in [-0.2, 0) is 52.3 Å². The van der Waals surface area contributed by atoms with E-state index in [1.807, 2.05) is 29.5 Å². The number of nitrogens with zero attached hydrogens (tertiary/aromatic N) is 1. The van der Waals surface area contributed by atoms with Crippen LogP contribution in [0.1, 0.15) is 71.9 Å². The predicted molar refractivity (Wildman–Crippen MR) is 330 cm³/mol. The first-order valence-corrected chi connectivity index (χ1v) is 32.4. The molecule has 0 aromatic heterocycles. The molecule has 29 heteroatoms. The van der Waals surface area contributed by atoms with Gasteiger partial charge in [0.25, 0.3) is 0 Å². The molecule has 7 rings (SSSR count). The van der Waals surface area contributed by atoms with E-state index >= 15 is 0 Å². The van der Waals surface area contributed by atoms with Gasteiger partial charge in [0.15, 0.2) is 41.8 Å². The van der Waals surface area contributed by atoms with Crippen LogP contribution in [0.2, 0.25) is 0 Å². The number of thiol groups is 1. The Balaban J connectivity index is 1.15. The van der Waals surface area contributed by atoms with Gasteiger partial charge in [-0.3, -0.25) is 14.9 Å². The van der Waals surface area contributed by atoms with Gasteiger partial charge in [-0.15, -0.1) is 0 Å². The first-order chi connectivity index (χ1) is 41.4. The molecule has 2 bridgehead atoms. The summed E-state index contributed by atoms with van der Waals surface area (Å²) in [5.41, 5.74) is 1.26. The van der Waals surface area contributed by atoms with Crippen molar-refractivity contribution < 1.29 is 102 Å². The van der Waals surface area contributed by atoms with E-state index in [0.717, 1.165) is 7.11 Å². The zero-order valence-electron chi connectivity index (χ0n) is 50.3. The second-order valence-electron chi connectivity index (χ2n) is 21.6. The summed E-state index contributed by atoms with van der Waals surface area (Å²) in [6, 6.07) is 0.943. The maximum absolute atomic E-state index is 14.2. The SMILES string of the molecule is CCN[C@H]1CO[C@@H](O[C@H]2[C@H](O[C@H]3C#CC=CC#C[C@]4(O)CC(=O)C(NC(=O)OC)=C3/C4=C\CSSC(C)(C)C#N)O[C@H](C)[C@@H](NO[C@H]3C[C@H](O)[C@H]([SH]=C(O)c4c(C)c(I)c(O[C@@H]5O[C@@H](C)[C@H](O)[C@@H](OC)[C@H]5O)c(OC)c4OC)[C@@H](C)O3)[C@@H]2O)C[C@@H]1OC. The number of Topliss-reactive ketones (excluding diaryl/α,β-unsaturated/α-hetero) is 1. The number of amides is 1. The topological polar surface area (TPSA) is 335 Å². The van der Waals surface area contributed by atoms with Gasteiger partial charge in [-0.25, -0.2) is 4.79 Å². The number of carbonyl (C=O) groups excluding carboxylic acids is 2. The standard InChI is InChI=1S/C58H79IN4O21S3/c1-13-61-32-25-77-37(23-36(32)72-8)82-50-45(67)42(28(3)79-55(50)81-35-18-16-14-15-17-20-58(71)24-34(65)43(62-56(70)76-12)40(35)31(58)19-21-85-87-57(6,7)26-60)63-84-38-22-33(64)52(30(5)78-38)86-53(69)39-27(2)41(59)48(51(75-11)47(39)73-9)83-54-46(68)49(74-10)44(66)29(4)80-54/h14-15,19,28-30,32-33,35-38,42,44-46,49-50,52,54-55,61,63-64,66-69,71,86H,13,21-25H2,1-12H3,(H,62,70)/b15-14?,31-19+/t28-,29+,30-,32+,33+,35+,36+,37+,38+,42-,44+,45+,46-,49-,50-,52-,54+,55+,58+/m1/s1. The number of methoxy groups -OCH3 is 5. The highest BCUT2D eigenvalue weighted by atomic mass is 127. The fourth-order valence-corrected chi connectivity index (χ4v) is 14.6. The van der Waals surface area contributed by atoms with Crippen molar-refractivity contribution in [3.63, 3.8) is 0 Å². The number of rotatable bonds is 22. The van der Waals surface area contributed by atoms with Crippen molar-refractivity contribution in [1.82, 2.24) is 16.1 Å². The van der Waals surface area contributed by atoms with Gasteiger partial charge in [-0.2, -0.15) is 22.1 Å². The van der Waals surface area contributed by atoms with Crippen molar-refractivity contribution in [2.24, 2.45) is 0 Å². The number of aliphatic hydroxyl groups is 6. The lowest BCUT2D eigenvalue weighted by Gasteiger charge is -2.46. The van der Waals surface area contributed by atoms with Crippen LogP contribution in [0.15, 0.2) is 35.1 Å². The Hall–Kier alpha value is -3.64. The average Bonchev–Trinajstić information content (AvgIpc) is 0.827. The molecule has 1 amide bonds. The molecule has 482 valence electrons. The number of ether oxygens (including phenoxy) is 12. The summed E-state index contributed by atoms with van der Waals surface area (Å²) in [5, 5.41) is 85.0. The molecule has 0 radical (unpaired) electrons. The number of carbonyl (C=O) groups is 2. The summed E-state index contributed by atoms with van der Waals surface area (Å²) in [6.45, 7) is 13.0. The van der Waals surface area contributed by atoms with Crippen molar-refractivity contribution in [1.29, 1.82) is 5.26 Å². The van der Waals surface area contributed by atoms with Crippen molar-refractivity contribution in [3.8, 4) is 47.0 Å². The Morgan fingerprint density at radius 1 is 0.931 bits per heavy atom. The molecule has 4 saturated heterocycles. The molecule has 4 fully saturated rings. The number of fused-ring (bicyclic) bond motifs is 2. The Morgan fingerprint density at radius 3 is 2.30 bits per heavy atom. The van der Waals surface area contributed by atoms with Crippen LogP contribution in [0, 0.1) is 45.5 Å². The number of halogens is 1. The normalized spacial score (nSPS) is 35.2. The number of hydrogen-bond acceptors (Lipinski definition) is 25. The van der Waals surface area contributed by atoms with E-state index < -0.39 is 126 Å². The van der Waals surface area contributed by atoms with Crippen LogP contribution in [-0.4, -0.2) is 222 Å². The molecule has 25 nitrogen and oxygen atoms in total. The van der Waals surface area contributed by atoms with E-state index in [4.69, 9.17) is 61.7 Å². The zero-order valence-corrected chi connectivity index (χ0v) is 54.9. The van der Waals surface area contributed by atoms with Gasteiger partial charge in [-0.1, -0.05) is 58.3 Å². The van der Waals surface area contributed by atoms with Gasteiger partial charge in [-0.05, 0) is 88.4 Å². The Bertz CT molecular complexity index is 2910. The van der Waals surface area contributed by atoms with Gasteiger partial charge in [0.05, 0.1) is 103 Å². The molecule has 6 aliphatic rings. The Morgan fingerprint density at radius 2 is 1.64 bits per heavy atom. The summed E-state index contributed by atoms with van der Waals surface area (Å²) in [4.78, 5) is 33.3. The summed E-state index contributed by atoms with van der Waals surface area (Å²) >= 11 is 2.27. The molecule has 87 heavy (non-hydrogen) atoms. The molecule has 4 aliphatic heterocycles. The van der Waals surface area contributed by atoms with E-state index in [2.05, 4.69) is 45.9 Å². The highest BCUT2D eigenvalue weighted by Crippen LogP contribution is 2.48. The van der Waals surface area contributed by atoms with Gasteiger partial charge in [0.1, 0.15) is 46.4 Å². The Labute approximate surface area is 531 Å². The average molecular weight is 1390 g/mol. The number of allylic oxidation sites excluding steroid dienone is 3. The highest BCUT2D eigenvalue weighted by Gasteiger charge is 2.52. The van der Waals surface area contributed by atoms with Crippen LogP contribution in [0.5, 0.6) is 17.2 Å². The highest BCUT2D eigenvalue weighted by molar-refractivity contribution is 14.1. The lowest BCUT2D eigenvalue weighted by Crippen LogP contribution is -2.65. The molecular weight excluding hydrogens is 1310 g/mol. The Kier molecular flexibility index (Phi) is 25.7. The third-order valence-corrected chi connectivity index (χ3v) is 21.0. The van der Waals surface area contributed by atoms with Crippen LogP contribution in [0.3, 0.4) is 0 Å². The summed E-state index contributed by atoms with van der Waals surface area (Å²) < 4.78 is 72.0. The molecule has 2 aliphatic carbocycles. The fourth-order valence-electron chi connectivity index (χ4n) is 10.7. The molecule has 1 aromatic rings. The van der Waals surface area contributed by atoms with E-state index in [9.17, 15) is 45.5 Å². The minimum Gasteiger partial charge on any atom is -0.492 e. The maximum atomic E-state index is 14.2. The largest absolute Gasteiger partial charge is 0.492 e. The van der Waals surface area contributed by atoms with Crippen molar-refractivity contribution in [2.75, 3.05) is 54.5 Å². The number of ketones is 1. The van der Waals surface area contributed by atoms with E-state index in [-0.39, 0.29) is 93.4 Å². The number of alkyl carbamates (subject to hydrolysis) is 1. The maximum Gasteiger partial charge on any atom is 0.411 e. The summed E-state index contributed by atoms with van der Waals surface area (Å²) in [6.07, 6.45) is -14.0. The number of nitriles is 1. The predicted octanol–water partition coefficient (Wildman–Crippen LogP) is 2.85. The van der Waals surface area contributed by atoms with Crippen molar-refractivity contribution in [2.45, 2.75) is 188 Å². The fraction of sp³-hybridized carbons (Fsp3) is 0.655. The third-order valence-electron chi connectivity index (χ3n) is 15.3. The zero-order chi connectivity index (χ0) is 63.7. The molecule has 0 spiro atoms. The monoisotopic (exact) mass is 1390 g/mol. The second-order valence-corrected chi connectivity index (χ2v) is 26.9. The first-order valence-electron chi connectivity index (χ1n) is 28.0. The van der Waals surface area contributed by atoms with Gasteiger partial charge < -0.3 is 92.8 Å². The molecule has 9 N–H and O–H groups in total. The van der Waals surface area contributed by atoms with Crippen molar-refractivity contribution >= 4 is 72.5 Å². The van der Waals surface area contributed by atoms with Crippen LogP contribution < -0.4 is 30.3 Å². The molecule has 0 unspecified atom stereocenters. The molecule has 1 aromatic carbocycles. The summed E-state index contributed by atoms with van der Waals surface area (Å²) in [7, 11) is 9.42. The van der Waals surface area contributed by atoms with E-state index in [0.29, 0.717) is 15.7 Å². The molecule has 4 heterocycles. The van der Waals surface area contributed by atoms with E-state index in [1.54, 1.807) is 54.7 Å². The number of hydroxylamine groups is 1. The number of hydrogen-bond donors (Lipinski definition) is 10. The molecular formula is C58H79IN4O21S3. The van der Waals surface area contributed by atoms with Gasteiger partial charge >= 0.3 is 6.09 Å². The first kappa shape index (κ1) is 70.8. The lowest BCUT2D eigenvalue weighted by molar-refractivity contribution is -0.336. The van der Waals surface area contributed by atoms with Gasteiger partial charge in [0, 0.05) is 44.0 Å². The lowest BCUT2D eigenvalue weighted by atomic mass is 9.75. The third kappa shape index (κ3) is 16.5. The van der Waals surface area contributed by atoms with Gasteiger partial charge in [0.2, 0.25) is 12.0 Å². The van der Waals surface area contributed by atoms with Crippen LogP contribution in [0.4, 0.5) is 4.79 Å². The minimum atomic E-state index is -2.13. The second kappa shape index (κ2) is 31.6. The summed E-state index contributed by atoms with van der Waals surface area (Å²) in [5.74, 6) is 11.2. The van der Waals surface area contributed by atoms with E-state index in [1.165, 1.54) is 55.1 Å². The quantitative estimate of drug-likeness (QED) is 0.0152. The molecule has 19 atom stereocenters. The number of nitrogens with one attached hydrogen (secondary N) is 3. The number of likely N-dealkylation sites (N-methyl/N-ethyl adjacent to an activating group) is 1. The van der Waals surface area contributed by atoms with Crippen LogP contribution >= 0.6 is 55.5 Å².